The lowest BCUT2D eigenvalue weighted by atomic mass is 10.1. The second kappa shape index (κ2) is 5.95. The number of carbonyl (C=O) groups is 3. The second-order valence-corrected chi connectivity index (χ2v) is 5.13. The monoisotopic (exact) mass is 291 g/mol. The first-order valence-corrected chi connectivity index (χ1v) is 6.74. The molecule has 1 saturated heterocycles. The third-order valence-electron chi connectivity index (χ3n) is 2.90. The molecule has 0 spiro atoms. The fourth-order valence-electron chi connectivity index (χ4n) is 1.94. The lowest BCUT2D eigenvalue weighted by molar-refractivity contribution is -0.172. The summed E-state index contributed by atoms with van der Waals surface area (Å²) in [6.45, 7) is 5.55. The highest BCUT2D eigenvalue weighted by atomic mass is 16.7. The summed E-state index contributed by atoms with van der Waals surface area (Å²) >= 11 is 0. The van der Waals surface area contributed by atoms with E-state index < -0.39 is 17.8 Å². The molecule has 1 aromatic carbocycles. The van der Waals surface area contributed by atoms with E-state index in [1.807, 2.05) is 20.8 Å². The van der Waals surface area contributed by atoms with Gasteiger partial charge in [-0.1, -0.05) is 6.07 Å². The summed E-state index contributed by atoms with van der Waals surface area (Å²) in [6.07, 6.45) is 0.0125. The molecule has 0 unspecified atom stereocenters. The molecular formula is C15H17NO5. The predicted molar refractivity (Wildman–Crippen MR) is 73.4 cm³/mol. The third kappa shape index (κ3) is 3.39. The number of hydroxylamine groups is 2. The third-order valence-corrected chi connectivity index (χ3v) is 2.90. The van der Waals surface area contributed by atoms with Crippen LogP contribution in [0.4, 0.5) is 0 Å². The van der Waals surface area contributed by atoms with Crippen molar-refractivity contribution in [1.29, 1.82) is 0 Å². The minimum atomic E-state index is -0.783. The molecule has 0 radical (unpaired) electrons. The molecule has 0 N–H and O–H groups in total. The van der Waals surface area contributed by atoms with Gasteiger partial charge in [0.2, 0.25) is 0 Å². The molecule has 1 aliphatic heterocycles. The fourth-order valence-corrected chi connectivity index (χ4v) is 1.94. The molecule has 0 bridgehead atoms. The molecule has 112 valence electrons. The number of ether oxygens (including phenoxy) is 1. The van der Waals surface area contributed by atoms with E-state index in [0.717, 1.165) is 5.56 Å². The highest BCUT2D eigenvalue weighted by Gasteiger charge is 2.33. The van der Waals surface area contributed by atoms with E-state index in [4.69, 9.17) is 9.57 Å². The van der Waals surface area contributed by atoms with Gasteiger partial charge in [0, 0.05) is 12.8 Å². The maximum Gasteiger partial charge on any atom is 0.367 e. The Morgan fingerprint density at radius 2 is 1.81 bits per heavy atom. The summed E-state index contributed by atoms with van der Waals surface area (Å²) in [4.78, 5) is 40.0. The average Bonchev–Trinajstić information content (AvgIpc) is 2.70. The van der Waals surface area contributed by atoms with Gasteiger partial charge in [-0.15, -0.1) is 5.06 Å². The van der Waals surface area contributed by atoms with Gasteiger partial charge in [-0.05, 0) is 38.5 Å². The Kier molecular flexibility index (Phi) is 4.26. The number of hydrogen-bond acceptors (Lipinski definition) is 5. The Bertz CT molecular complexity index is 578. The fraction of sp³-hybridized carbons (Fsp3) is 0.400. The number of aryl methyl sites for hydroxylation is 1. The number of benzene rings is 1. The Morgan fingerprint density at radius 3 is 2.38 bits per heavy atom. The summed E-state index contributed by atoms with van der Waals surface area (Å²) in [5.74, 6) is -1.43. The number of hydrogen-bond donors (Lipinski definition) is 0. The maximum atomic E-state index is 12.2. The molecule has 0 atom stereocenters. The molecule has 1 heterocycles. The van der Waals surface area contributed by atoms with Crippen molar-refractivity contribution < 1.29 is 24.0 Å². The Labute approximate surface area is 122 Å². The van der Waals surface area contributed by atoms with Crippen LogP contribution in [0.3, 0.4) is 0 Å². The zero-order chi connectivity index (χ0) is 15.6. The normalized spacial score (nSPS) is 14.8. The summed E-state index contributed by atoms with van der Waals surface area (Å²) in [5, 5.41) is 0.529. The van der Waals surface area contributed by atoms with Crippen LogP contribution in [0, 0.1) is 6.92 Å². The maximum absolute atomic E-state index is 12.2. The molecule has 0 saturated carbocycles. The van der Waals surface area contributed by atoms with Gasteiger partial charge in [0.25, 0.3) is 11.8 Å². The van der Waals surface area contributed by atoms with Crippen molar-refractivity contribution in [3.63, 3.8) is 0 Å². The number of rotatable bonds is 4. The van der Waals surface area contributed by atoms with E-state index in [1.54, 1.807) is 18.2 Å². The van der Waals surface area contributed by atoms with Gasteiger partial charge < -0.3 is 9.57 Å². The molecule has 0 aromatic heterocycles. The largest absolute Gasteiger partial charge is 0.490 e. The molecule has 2 amide bonds. The Hall–Kier alpha value is -2.37. The van der Waals surface area contributed by atoms with Crippen molar-refractivity contribution >= 4 is 17.8 Å². The molecular weight excluding hydrogens is 274 g/mol. The highest BCUT2D eigenvalue weighted by molar-refractivity contribution is 6.03. The van der Waals surface area contributed by atoms with Crippen molar-refractivity contribution in [2.45, 2.75) is 39.7 Å². The van der Waals surface area contributed by atoms with Crippen molar-refractivity contribution in [1.82, 2.24) is 5.06 Å². The van der Waals surface area contributed by atoms with Crippen LogP contribution < -0.4 is 4.74 Å². The van der Waals surface area contributed by atoms with Crippen LogP contribution in [0.1, 0.15) is 42.6 Å². The number of nitrogens with zero attached hydrogens (tertiary/aromatic N) is 1. The number of amides is 2. The van der Waals surface area contributed by atoms with Crippen LogP contribution in [0.2, 0.25) is 0 Å². The first-order valence-electron chi connectivity index (χ1n) is 6.74. The van der Waals surface area contributed by atoms with Gasteiger partial charge in [-0.2, -0.15) is 0 Å². The van der Waals surface area contributed by atoms with Crippen LogP contribution in [0.5, 0.6) is 5.75 Å². The van der Waals surface area contributed by atoms with Crippen LogP contribution >= 0.6 is 0 Å². The van der Waals surface area contributed by atoms with Crippen LogP contribution in [0.25, 0.3) is 0 Å². The van der Waals surface area contributed by atoms with Gasteiger partial charge in [-0.25, -0.2) is 4.79 Å². The minimum Gasteiger partial charge on any atom is -0.490 e. The second-order valence-electron chi connectivity index (χ2n) is 5.13. The van der Waals surface area contributed by atoms with Crippen LogP contribution in [-0.2, 0) is 14.4 Å². The van der Waals surface area contributed by atoms with Gasteiger partial charge >= 0.3 is 5.97 Å². The Balaban J connectivity index is 2.22. The lowest BCUT2D eigenvalue weighted by Gasteiger charge is -2.16. The first kappa shape index (κ1) is 15.0. The average molecular weight is 291 g/mol. The SMILES string of the molecule is Cc1ccc(C(=O)ON2C(=O)CCC2=O)c(OC(C)C)c1. The van der Waals surface area contributed by atoms with E-state index in [-0.39, 0.29) is 24.5 Å². The number of imide groups is 1. The standard InChI is InChI=1S/C15H17NO5/c1-9(2)20-12-8-10(3)4-5-11(12)15(19)21-16-13(17)6-7-14(16)18/h4-5,8-9H,6-7H2,1-3H3. The van der Waals surface area contributed by atoms with Crippen molar-refractivity contribution in [3.8, 4) is 5.75 Å². The van der Waals surface area contributed by atoms with Gasteiger partial charge in [-0.3, -0.25) is 9.59 Å². The summed E-state index contributed by atoms with van der Waals surface area (Å²) < 4.78 is 5.58. The van der Waals surface area contributed by atoms with E-state index in [0.29, 0.717) is 10.8 Å². The molecule has 1 fully saturated rings. The van der Waals surface area contributed by atoms with Crippen molar-refractivity contribution in [2.24, 2.45) is 0 Å². The summed E-state index contributed by atoms with van der Waals surface area (Å²) in [7, 11) is 0. The van der Waals surface area contributed by atoms with Crippen LogP contribution in [0.15, 0.2) is 18.2 Å². The zero-order valence-corrected chi connectivity index (χ0v) is 12.2. The van der Waals surface area contributed by atoms with Gasteiger partial charge in [0.05, 0.1) is 6.10 Å². The molecule has 6 nitrogen and oxygen atoms in total. The number of carbonyl (C=O) groups excluding carboxylic acids is 3. The highest BCUT2D eigenvalue weighted by Crippen LogP contribution is 2.24. The molecule has 1 aromatic rings. The summed E-state index contributed by atoms with van der Waals surface area (Å²) in [5.41, 5.74) is 1.11. The quantitative estimate of drug-likeness (QED) is 0.793. The summed E-state index contributed by atoms with van der Waals surface area (Å²) in [6, 6.07) is 5.00. The zero-order valence-electron chi connectivity index (χ0n) is 12.2. The lowest BCUT2D eigenvalue weighted by Crippen LogP contribution is -2.32. The van der Waals surface area contributed by atoms with Crippen molar-refractivity contribution in [2.75, 3.05) is 0 Å². The van der Waals surface area contributed by atoms with E-state index in [1.165, 1.54) is 0 Å². The van der Waals surface area contributed by atoms with Gasteiger partial charge in [0.1, 0.15) is 11.3 Å². The van der Waals surface area contributed by atoms with Crippen LogP contribution in [-0.4, -0.2) is 29.0 Å². The Morgan fingerprint density at radius 1 is 1.19 bits per heavy atom. The topological polar surface area (TPSA) is 72.9 Å². The predicted octanol–water partition coefficient (Wildman–Crippen LogP) is 2.00. The van der Waals surface area contributed by atoms with Gasteiger partial charge in [0.15, 0.2) is 0 Å². The van der Waals surface area contributed by atoms with Crippen molar-refractivity contribution in [3.05, 3.63) is 29.3 Å². The van der Waals surface area contributed by atoms with E-state index in [9.17, 15) is 14.4 Å². The smallest absolute Gasteiger partial charge is 0.367 e. The first-order chi connectivity index (χ1) is 9.88. The van der Waals surface area contributed by atoms with E-state index in [2.05, 4.69) is 0 Å². The molecule has 2 rings (SSSR count). The minimum absolute atomic E-state index is 0.0648. The molecule has 21 heavy (non-hydrogen) atoms. The molecule has 1 aliphatic rings. The molecule has 0 aliphatic carbocycles. The van der Waals surface area contributed by atoms with E-state index >= 15 is 0 Å². The molecule has 6 heteroatoms.